The molecule has 0 bridgehead atoms. The zero-order valence-corrected chi connectivity index (χ0v) is 13.1. The molecule has 1 saturated heterocycles. The molecular formula is C16H21NO3S. The summed E-state index contributed by atoms with van der Waals surface area (Å²) in [6.07, 6.45) is 1.49. The average Bonchev–Trinajstić information content (AvgIpc) is 2.89. The highest BCUT2D eigenvalue weighted by Gasteiger charge is 2.41. The topological polar surface area (TPSA) is 57.6 Å². The summed E-state index contributed by atoms with van der Waals surface area (Å²) in [5.41, 5.74) is 0.502. The predicted octanol–water partition coefficient (Wildman–Crippen LogP) is 2.29. The molecule has 0 aromatic heterocycles. The van der Waals surface area contributed by atoms with Gasteiger partial charge in [-0.2, -0.15) is 11.8 Å². The summed E-state index contributed by atoms with van der Waals surface area (Å²) in [5.74, 6) is 0.579. The van der Waals surface area contributed by atoms with Crippen LogP contribution < -0.4 is 0 Å². The molecule has 0 aliphatic carbocycles. The summed E-state index contributed by atoms with van der Waals surface area (Å²) in [6, 6.07) is 10.2. The lowest BCUT2D eigenvalue weighted by molar-refractivity contribution is -0.147. The first kappa shape index (κ1) is 15.9. The Balaban J connectivity index is 1.70. The van der Waals surface area contributed by atoms with Gasteiger partial charge in [-0.05, 0) is 31.1 Å². The number of thioether (sulfide) groups is 1. The molecule has 1 heterocycles. The minimum atomic E-state index is -0.811. The fourth-order valence-electron chi connectivity index (χ4n) is 2.43. The van der Waals surface area contributed by atoms with Gasteiger partial charge in [0, 0.05) is 13.1 Å². The number of carboxylic acid groups (broad SMARTS) is 1. The predicted molar refractivity (Wildman–Crippen MR) is 84.4 cm³/mol. The average molecular weight is 307 g/mol. The number of carbonyl (C=O) groups is 2. The molecule has 0 spiro atoms. The number of carboxylic acids is 1. The number of nitrogens with zero attached hydrogens (tertiary/aromatic N) is 1. The monoisotopic (exact) mass is 307 g/mol. The van der Waals surface area contributed by atoms with Gasteiger partial charge in [-0.1, -0.05) is 30.3 Å². The van der Waals surface area contributed by atoms with Gasteiger partial charge in [0.25, 0.3) is 0 Å². The Morgan fingerprint density at radius 2 is 2.05 bits per heavy atom. The SMILES string of the molecule is CC1(C(=O)O)CCN(C(=O)CSCCc2ccccc2)C1. The van der Waals surface area contributed by atoms with Crippen LogP contribution in [-0.2, 0) is 16.0 Å². The van der Waals surface area contributed by atoms with Gasteiger partial charge in [-0.25, -0.2) is 0 Å². The standard InChI is InChI=1S/C16H21NO3S/c1-16(15(19)20)8-9-17(12-16)14(18)11-21-10-7-13-5-3-2-4-6-13/h2-6H,7-12H2,1H3,(H,19,20). The quantitative estimate of drug-likeness (QED) is 0.819. The van der Waals surface area contributed by atoms with Crippen molar-refractivity contribution in [2.45, 2.75) is 19.8 Å². The molecule has 2 rings (SSSR count). The first-order valence-electron chi connectivity index (χ1n) is 7.14. The third-order valence-corrected chi connectivity index (χ3v) is 4.89. The molecule has 1 aliphatic heterocycles. The fourth-order valence-corrected chi connectivity index (χ4v) is 3.32. The number of carbonyl (C=O) groups excluding carboxylic acids is 1. The van der Waals surface area contributed by atoms with E-state index in [2.05, 4.69) is 12.1 Å². The summed E-state index contributed by atoms with van der Waals surface area (Å²) >= 11 is 1.61. The molecular weight excluding hydrogens is 286 g/mol. The second-order valence-electron chi connectivity index (χ2n) is 5.72. The fraction of sp³-hybridized carbons (Fsp3) is 0.500. The molecule has 1 fully saturated rings. The molecule has 0 radical (unpaired) electrons. The van der Waals surface area contributed by atoms with Crippen molar-refractivity contribution in [1.29, 1.82) is 0 Å². The Morgan fingerprint density at radius 3 is 2.67 bits per heavy atom. The molecule has 0 saturated carbocycles. The molecule has 4 nitrogen and oxygen atoms in total. The van der Waals surface area contributed by atoms with E-state index in [-0.39, 0.29) is 5.91 Å². The Kier molecular flexibility index (Phi) is 5.28. The van der Waals surface area contributed by atoms with E-state index in [1.54, 1.807) is 23.6 Å². The van der Waals surface area contributed by atoms with Crippen LogP contribution in [0.1, 0.15) is 18.9 Å². The van der Waals surface area contributed by atoms with Crippen LogP contribution in [0.3, 0.4) is 0 Å². The number of aryl methyl sites for hydroxylation is 1. The van der Waals surface area contributed by atoms with E-state index in [9.17, 15) is 9.59 Å². The number of benzene rings is 1. The highest BCUT2D eigenvalue weighted by Crippen LogP contribution is 2.30. The second kappa shape index (κ2) is 6.98. The van der Waals surface area contributed by atoms with Gasteiger partial charge in [0.1, 0.15) is 0 Å². The summed E-state index contributed by atoms with van der Waals surface area (Å²) in [4.78, 5) is 24.9. The third-order valence-electron chi connectivity index (χ3n) is 3.95. The van der Waals surface area contributed by atoms with Crippen molar-refractivity contribution in [3.8, 4) is 0 Å². The molecule has 1 amide bonds. The van der Waals surface area contributed by atoms with Crippen LogP contribution in [0.5, 0.6) is 0 Å². The first-order valence-corrected chi connectivity index (χ1v) is 8.29. The van der Waals surface area contributed by atoms with E-state index in [0.717, 1.165) is 12.2 Å². The summed E-state index contributed by atoms with van der Waals surface area (Å²) in [7, 11) is 0. The molecule has 1 N–H and O–H groups in total. The van der Waals surface area contributed by atoms with E-state index in [0.29, 0.717) is 25.3 Å². The first-order chi connectivity index (χ1) is 10.0. The molecule has 1 unspecified atom stereocenters. The van der Waals surface area contributed by atoms with Crippen molar-refractivity contribution in [3.63, 3.8) is 0 Å². The van der Waals surface area contributed by atoms with Crippen molar-refractivity contribution in [1.82, 2.24) is 4.90 Å². The Bertz CT molecular complexity index is 506. The van der Waals surface area contributed by atoms with Crippen LogP contribution in [0.15, 0.2) is 30.3 Å². The number of likely N-dealkylation sites (tertiary alicyclic amines) is 1. The number of hydrogen-bond donors (Lipinski definition) is 1. The number of rotatable bonds is 6. The van der Waals surface area contributed by atoms with Gasteiger partial charge in [-0.15, -0.1) is 0 Å². The van der Waals surface area contributed by atoms with Crippen molar-refractivity contribution >= 4 is 23.6 Å². The van der Waals surface area contributed by atoms with Crippen LogP contribution in [0.25, 0.3) is 0 Å². The molecule has 114 valence electrons. The van der Waals surface area contributed by atoms with Gasteiger partial charge in [0.2, 0.25) is 5.91 Å². The van der Waals surface area contributed by atoms with E-state index >= 15 is 0 Å². The van der Waals surface area contributed by atoms with Crippen LogP contribution in [0.2, 0.25) is 0 Å². The lowest BCUT2D eigenvalue weighted by Gasteiger charge is -2.20. The lowest BCUT2D eigenvalue weighted by Crippen LogP contribution is -2.35. The molecule has 21 heavy (non-hydrogen) atoms. The normalized spacial score (nSPS) is 21.5. The van der Waals surface area contributed by atoms with Gasteiger partial charge in [-0.3, -0.25) is 9.59 Å². The van der Waals surface area contributed by atoms with E-state index in [1.807, 2.05) is 18.2 Å². The van der Waals surface area contributed by atoms with Crippen LogP contribution >= 0.6 is 11.8 Å². The van der Waals surface area contributed by atoms with Crippen molar-refractivity contribution in [3.05, 3.63) is 35.9 Å². The van der Waals surface area contributed by atoms with Crippen molar-refractivity contribution < 1.29 is 14.7 Å². The summed E-state index contributed by atoms with van der Waals surface area (Å²) in [6.45, 7) is 2.60. The van der Waals surface area contributed by atoms with E-state index in [4.69, 9.17) is 5.11 Å². The van der Waals surface area contributed by atoms with Gasteiger partial charge < -0.3 is 10.0 Å². The smallest absolute Gasteiger partial charge is 0.311 e. The third kappa shape index (κ3) is 4.24. The maximum Gasteiger partial charge on any atom is 0.311 e. The van der Waals surface area contributed by atoms with Gasteiger partial charge in [0.15, 0.2) is 0 Å². The lowest BCUT2D eigenvalue weighted by atomic mass is 9.90. The molecule has 5 heteroatoms. The molecule has 1 atom stereocenters. The second-order valence-corrected chi connectivity index (χ2v) is 6.82. The minimum absolute atomic E-state index is 0.0537. The zero-order valence-electron chi connectivity index (χ0n) is 12.2. The van der Waals surface area contributed by atoms with Crippen molar-refractivity contribution in [2.75, 3.05) is 24.6 Å². The summed E-state index contributed by atoms with van der Waals surface area (Å²) < 4.78 is 0. The Labute approximate surface area is 129 Å². The Morgan fingerprint density at radius 1 is 1.33 bits per heavy atom. The maximum absolute atomic E-state index is 12.1. The summed E-state index contributed by atoms with van der Waals surface area (Å²) in [5, 5.41) is 9.17. The molecule has 1 aromatic carbocycles. The molecule has 1 aliphatic rings. The van der Waals surface area contributed by atoms with Gasteiger partial charge in [0.05, 0.1) is 11.2 Å². The zero-order chi connectivity index (χ0) is 15.3. The van der Waals surface area contributed by atoms with E-state index in [1.165, 1.54) is 5.56 Å². The number of aliphatic carboxylic acids is 1. The molecule has 1 aromatic rings. The number of amides is 1. The minimum Gasteiger partial charge on any atom is -0.481 e. The Hall–Kier alpha value is -1.49. The van der Waals surface area contributed by atoms with Crippen LogP contribution in [0, 0.1) is 5.41 Å². The highest BCUT2D eigenvalue weighted by molar-refractivity contribution is 7.99. The van der Waals surface area contributed by atoms with Crippen LogP contribution in [-0.4, -0.2) is 46.5 Å². The van der Waals surface area contributed by atoms with Crippen LogP contribution in [0.4, 0.5) is 0 Å². The van der Waals surface area contributed by atoms with Crippen molar-refractivity contribution in [2.24, 2.45) is 5.41 Å². The number of hydrogen-bond acceptors (Lipinski definition) is 3. The largest absolute Gasteiger partial charge is 0.481 e. The van der Waals surface area contributed by atoms with Gasteiger partial charge >= 0.3 is 5.97 Å². The highest BCUT2D eigenvalue weighted by atomic mass is 32.2. The van der Waals surface area contributed by atoms with E-state index < -0.39 is 11.4 Å². The maximum atomic E-state index is 12.1.